The number of aryl methyl sites for hydroxylation is 1. The standard InChI is InChI=1S/C9H17N3O4S2/c1-7-8(17-9(13)12-7)18(14,15)11-4-3-10-5-6-16-2/h10-11H,3-6H2,1-2H3,(H,12,13). The lowest BCUT2D eigenvalue weighted by molar-refractivity contribution is 0.199. The molecule has 1 aromatic rings. The molecule has 0 spiro atoms. The van der Waals surface area contributed by atoms with Gasteiger partial charge in [-0.2, -0.15) is 0 Å². The summed E-state index contributed by atoms with van der Waals surface area (Å²) < 4.78 is 31.0. The van der Waals surface area contributed by atoms with Gasteiger partial charge in [0.05, 0.1) is 6.61 Å². The molecule has 0 saturated heterocycles. The first kappa shape index (κ1) is 15.3. The lowest BCUT2D eigenvalue weighted by Crippen LogP contribution is -2.33. The first-order chi connectivity index (χ1) is 8.47. The highest BCUT2D eigenvalue weighted by atomic mass is 32.2. The molecule has 0 amide bonds. The van der Waals surface area contributed by atoms with Crippen LogP contribution in [-0.4, -0.2) is 46.8 Å². The van der Waals surface area contributed by atoms with Crippen molar-refractivity contribution >= 4 is 21.4 Å². The smallest absolute Gasteiger partial charge is 0.305 e. The van der Waals surface area contributed by atoms with Gasteiger partial charge in [-0.05, 0) is 6.92 Å². The molecule has 0 bridgehead atoms. The maximum Gasteiger partial charge on any atom is 0.305 e. The van der Waals surface area contributed by atoms with Crippen LogP contribution in [0.25, 0.3) is 0 Å². The van der Waals surface area contributed by atoms with E-state index >= 15 is 0 Å². The number of nitrogens with one attached hydrogen (secondary N) is 3. The number of hydrogen-bond donors (Lipinski definition) is 3. The number of methoxy groups -OCH3 is 1. The Labute approximate surface area is 110 Å². The second-order valence-electron chi connectivity index (χ2n) is 3.57. The normalized spacial score (nSPS) is 11.9. The van der Waals surface area contributed by atoms with Gasteiger partial charge in [0.2, 0.25) is 0 Å². The molecule has 0 radical (unpaired) electrons. The Balaban J connectivity index is 2.46. The molecule has 0 saturated carbocycles. The Kier molecular flexibility index (Phi) is 5.96. The first-order valence-corrected chi connectivity index (χ1v) is 7.66. The van der Waals surface area contributed by atoms with Gasteiger partial charge in [0.1, 0.15) is 0 Å². The summed E-state index contributed by atoms with van der Waals surface area (Å²) in [6, 6.07) is 0. The lowest BCUT2D eigenvalue weighted by Gasteiger charge is -2.06. The van der Waals surface area contributed by atoms with E-state index < -0.39 is 10.0 Å². The second-order valence-corrected chi connectivity index (χ2v) is 6.51. The fourth-order valence-electron chi connectivity index (χ4n) is 1.29. The van der Waals surface area contributed by atoms with Crippen molar-refractivity contribution in [1.29, 1.82) is 0 Å². The lowest BCUT2D eigenvalue weighted by atomic mass is 10.6. The Bertz CT molecular complexity index is 520. The molecule has 9 heteroatoms. The van der Waals surface area contributed by atoms with E-state index in [-0.39, 0.29) is 15.6 Å². The minimum Gasteiger partial charge on any atom is -0.383 e. The summed E-state index contributed by atoms with van der Waals surface area (Å²) >= 11 is 0.691. The predicted octanol–water partition coefficient (Wildman–Crippen LogP) is -0.741. The highest BCUT2D eigenvalue weighted by molar-refractivity contribution is 7.91. The van der Waals surface area contributed by atoms with Crippen LogP contribution in [0.15, 0.2) is 9.00 Å². The van der Waals surface area contributed by atoms with Crippen molar-refractivity contribution in [2.75, 3.05) is 33.4 Å². The largest absolute Gasteiger partial charge is 0.383 e. The molecule has 1 heterocycles. The predicted molar refractivity (Wildman–Crippen MR) is 69.6 cm³/mol. The van der Waals surface area contributed by atoms with Crippen molar-refractivity contribution in [3.05, 3.63) is 15.4 Å². The molecule has 18 heavy (non-hydrogen) atoms. The zero-order valence-electron chi connectivity index (χ0n) is 10.3. The van der Waals surface area contributed by atoms with E-state index in [1.165, 1.54) is 0 Å². The Hall–Kier alpha value is -0.740. The Morgan fingerprint density at radius 3 is 2.61 bits per heavy atom. The van der Waals surface area contributed by atoms with Crippen LogP contribution >= 0.6 is 11.3 Å². The molecule has 0 fully saturated rings. The van der Waals surface area contributed by atoms with Gasteiger partial charge in [-0.3, -0.25) is 4.79 Å². The Morgan fingerprint density at radius 2 is 2.06 bits per heavy atom. The van der Waals surface area contributed by atoms with Gasteiger partial charge in [-0.15, -0.1) is 0 Å². The number of hydrogen-bond acceptors (Lipinski definition) is 6. The van der Waals surface area contributed by atoms with Gasteiger partial charge < -0.3 is 15.0 Å². The van der Waals surface area contributed by atoms with Crippen molar-refractivity contribution < 1.29 is 13.2 Å². The molecular formula is C9H17N3O4S2. The van der Waals surface area contributed by atoms with Crippen molar-refractivity contribution in [3.63, 3.8) is 0 Å². The second kappa shape index (κ2) is 7.00. The molecule has 0 aromatic carbocycles. The van der Waals surface area contributed by atoms with Crippen molar-refractivity contribution in [2.45, 2.75) is 11.1 Å². The number of thiazole rings is 1. The summed E-state index contributed by atoms with van der Waals surface area (Å²) in [5, 5.41) is 3.01. The van der Waals surface area contributed by atoms with Gasteiger partial charge >= 0.3 is 4.87 Å². The molecule has 104 valence electrons. The molecule has 0 aliphatic heterocycles. The molecule has 0 aliphatic carbocycles. The summed E-state index contributed by atoms with van der Waals surface area (Å²) in [7, 11) is -2.00. The van der Waals surface area contributed by atoms with Gasteiger partial charge in [0, 0.05) is 32.4 Å². The van der Waals surface area contributed by atoms with E-state index in [0.717, 1.165) is 0 Å². The van der Waals surface area contributed by atoms with E-state index in [4.69, 9.17) is 4.74 Å². The number of aromatic amines is 1. The van der Waals surface area contributed by atoms with E-state index in [2.05, 4.69) is 15.0 Å². The first-order valence-electron chi connectivity index (χ1n) is 5.36. The topological polar surface area (TPSA) is 100 Å². The molecule has 7 nitrogen and oxygen atoms in total. The summed E-state index contributed by atoms with van der Waals surface area (Å²) in [4.78, 5) is 13.1. The fourth-order valence-corrected chi connectivity index (χ4v) is 3.66. The molecule has 0 atom stereocenters. The van der Waals surface area contributed by atoms with E-state index in [1.54, 1.807) is 14.0 Å². The molecule has 0 unspecified atom stereocenters. The van der Waals surface area contributed by atoms with Crippen molar-refractivity contribution in [1.82, 2.24) is 15.0 Å². The average molecular weight is 295 g/mol. The van der Waals surface area contributed by atoms with Crippen LogP contribution in [0.5, 0.6) is 0 Å². The molecular weight excluding hydrogens is 278 g/mol. The maximum atomic E-state index is 11.8. The van der Waals surface area contributed by atoms with Gasteiger partial charge in [0.25, 0.3) is 10.0 Å². The number of H-pyrrole nitrogens is 1. The van der Waals surface area contributed by atoms with Crippen molar-refractivity contribution in [3.8, 4) is 0 Å². The minimum atomic E-state index is -3.60. The third-order valence-electron chi connectivity index (χ3n) is 2.10. The average Bonchev–Trinajstić information content (AvgIpc) is 2.63. The summed E-state index contributed by atoms with van der Waals surface area (Å²) in [5.41, 5.74) is 0.366. The number of ether oxygens (including phenoxy) is 1. The molecule has 1 aromatic heterocycles. The minimum absolute atomic E-state index is 0.0457. The Morgan fingerprint density at radius 1 is 1.33 bits per heavy atom. The quantitative estimate of drug-likeness (QED) is 0.548. The highest BCUT2D eigenvalue weighted by Crippen LogP contribution is 2.14. The van der Waals surface area contributed by atoms with Crippen LogP contribution in [0.3, 0.4) is 0 Å². The molecule has 3 N–H and O–H groups in total. The zero-order valence-corrected chi connectivity index (χ0v) is 11.9. The number of rotatable bonds is 8. The van der Waals surface area contributed by atoms with Crippen LogP contribution in [0.4, 0.5) is 0 Å². The van der Waals surface area contributed by atoms with E-state index in [9.17, 15) is 13.2 Å². The van der Waals surface area contributed by atoms with Crippen LogP contribution in [0.1, 0.15) is 5.69 Å². The van der Waals surface area contributed by atoms with Gasteiger partial charge in [0.15, 0.2) is 4.21 Å². The monoisotopic (exact) mass is 295 g/mol. The van der Waals surface area contributed by atoms with Crippen LogP contribution in [0.2, 0.25) is 0 Å². The SMILES string of the molecule is COCCNCCNS(=O)(=O)c1sc(=O)[nH]c1C. The fraction of sp³-hybridized carbons (Fsp3) is 0.667. The van der Waals surface area contributed by atoms with E-state index in [1.807, 2.05) is 0 Å². The van der Waals surface area contributed by atoms with Crippen LogP contribution < -0.4 is 14.9 Å². The zero-order chi connectivity index (χ0) is 13.6. The van der Waals surface area contributed by atoms with Gasteiger partial charge in [-0.25, -0.2) is 13.1 Å². The number of sulfonamides is 1. The van der Waals surface area contributed by atoms with E-state index in [0.29, 0.717) is 36.7 Å². The van der Waals surface area contributed by atoms with Crippen LogP contribution in [-0.2, 0) is 14.8 Å². The van der Waals surface area contributed by atoms with Crippen molar-refractivity contribution in [2.24, 2.45) is 0 Å². The summed E-state index contributed by atoms with van der Waals surface area (Å²) in [6.45, 7) is 3.56. The summed E-state index contributed by atoms with van der Waals surface area (Å²) in [6.07, 6.45) is 0. The third kappa shape index (κ3) is 4.50. The summed E-state index contributed by atoms with van der Waals surface area (Å²) in [5.74, 6) is 0. The highest BCUT2D eigenvalue weighted by Gasteiger charge is 2.19. The number of aromatic nitrogens is 1. The maximum absolute atomic E-state index is 11.8. The third-order valence-corrected chi connectivity index (χ3v) is 5.17. The van der Waals surface area contributed by atoms with Crippen LogP contribution in [0, 0.1) is 6.92 Å². The molecule has 1 rings (SSSR count). The van der Waals surface area contributed by atoms with Gasteiger partial charge in [-0.1, -0.05) is 11.3 Å². The molecule has 0 aliphatic rings.